The topological polar surface area (TPSA) is 136 Å². The molecule has 0 aromatic carbocycles. The van der Waals surface area contributed by atoms with E-state index in [1.54, 1.807) is 30.3 Å². The summed E-state index contributed by atoms with van der Waals surface area (Å²) in [5, 5.41) is 8.04. The molecule has 11 nitrogen and oxygen atoms in total. The number of anilines is 1. The van der Waals surface area contributed by atoms with Crippen molar-refractivity contribution in [3.63, 3.8) is 0 Å². The Kier molecular flexibility index (Phi) is 7.69. The van der Waals surface area contributed by atoms with Gasteiger partial charge in [0.2, 0.25) is 11.8 Å². The smallest absolute Gasteiger partial charge is 0.248 e. The Labute approximate surface area is 245 Å². The van der Waals surface area contributed by atoms with Crippen LogP contribution >= 0.6 is 15.9 Å². The summed E-state index contributed by atoms with van der Waals surface area (Å²) < 4.78 is 2.17. The van der Waals surface area contributed by atoms with E-state index in [9.17, 15) is 14.4 Å². The summed E-state index contributed by atoms with van der Waals surface area (Å²) in [6, 6.07) is 3.07. The minimum atomic E-state index is -0.653. The first-order chi connectivity index (χ1) is 19.4. The molecule has 0 bridgehead atoms. The molecule has 5 rings (SSSR count). The van der Waals surface area contributed by atoms with Crippen molar-refractivity contribution < 1.29 is 14.4 Å². The Hall–Kier alpha value is -4.06. The monoisotopic (exact) mass is 618 g/mol. The quantitative estimate of drug-likeness (QED) is 0.249. The average Bonchev–Trinajstić information content (AvgIpc) is 3.49. The molecule has 1 N–H and O–H groups in total. The molecule has 1 saturated heterocycles. The van der Waals surface area contributed by atoms with E-state index in [2.05, 4.69) is 41.3 Å². The fourth-order valence-corrected chi connectivity index (χ4v) is 5.58. The van der Waals surface area contributed by atoms with Crippen molar-refractivity contribution in [1.29, 1.82) is 0 Å². The van der Waals surface area contributed by atoms with Crippen LogP contribution in [0.15, 0.2) is 29.1 Å². The van der Waals surface area contributed by atoms with Gasteiger partial charge in [-0.05, 0) is 73.2 Å². The summed E-state index contributed by atoms with van der Waals surface area (Å²) in [4.78, 5) is 58.9. The van der Waals surface area contributed by atoms with Gasteiger partial charge in [0, 0.05) is 36.8 Å². The molecule has 0 spiro atoms. The van der Waals surface area contributed by atoms with Crippen molar-refractivity contribution in [2.24, 2.45) is 5.92 Å². The van der Waals surface area contributed by atoms with Crippen LogP contribution < -0.4 is 5.32 Å². The number of likely N-dealkylation sites (tertiary alicyclic amines) is 1. The minimum absolute atomic E-state index is 0.136. The molecule has 1 fully saturated rings. The third-order valence-electron chi connectivity index (χ3n) is 7.31. The number of aromatic nitrogens is 6. The number of halogens is 1. The van der Waals surface area contributed by atoms with Gasteiger partial charge in [0.15, 0.2) is 5.78 Å². The second-order valence-corrected chi connectivity index (χ2v) is 11.5. The fourth-order valence-electron chi connectivity index (χ4n) is 5.29. The molecule has 212 valence electrons. The number of nitrogens with zero attached hydrogens (tertiary/aromatic N) is 7. The molecule has 12 heteroatoms. The van der Waals surface area contributed by atoms with Crippen molar-refractivity contribution >= 4 is 50.2 Å². The molecule has 5 heterocycles. The number of hydrogen-bond acceptors (Lipinski definition) is 8. The summed E-state index contributed by atoms with van der Waals surface area (Å²) >= 11 is 3.42. The lowest BCUT2D eigenvalue weighted by atomic mass is 10.1. The number of Topliss-reactive ketones (excluding diaryl/α,β-unsaturated/α-hetero) is 1. The normalized spacial score (nSPS) is 16.8. The van der Waals surface area contributed by atoms with Gasteiger partial charge in [-0.2, -0.15) is 5.10 Å². The first-order valence-corrected chi connectivity index (χ1v) is 14.1. The van der Waals surface area contributed by atoms with Crippen LogP contribution in [0.4, 0.5) is 5.82 Å². The predicted molar refractivity (Wildman–Crippen MR) is 157 cm³/mol. The lowest BCUT2D eigenvalue weighted by molar-refractivity contribution is -0.137. The van der Waals surface area contributed by atoms with Gasteiger partial charge in [-0.1, -0.05) is 13.0 Å². The lowest BCUT2D eigenvalue weighted by Gasteiger charge is -2.24. The summed E-state index contributed by atoms with van der Waals surface area (Å²) in [6.45, 7) is 11.2. The number of rotatable bonds is 6. The van der Waals surface area contributed by atoms with Crippen LogP contribution in [0.2, 0.25) is 0 Å². The van der Waals surface area contributed by atoms with Crippen LogP contribution in [-0.2, 0) is 16.1 Å². The Balaban J connectivity index is 1.44. The number of carbonyl (C=O) groups excluding carboxylic acids is 3. The van der Waals surface area contributed by atoms with Gasteiger partial charge < -0.3 is 10.2 Å². The standard InChI is InChI=1S/C29H31BrN8O3/c1-14-7-23(29(41)35-28-16(3)8-15(2)27(30)34-28)37(12-14)24(40)13-38-26-17(4)33-22(20-10-31-19(6)32-11-20)9-21(26)25(36-38)18(5)39/h8-11,14,23H,7,12-13H2,1-6H3,(H,34,35,41)/t14-,23+/m1/s1. The van der Waals surface area contributed by atoms with Crippen LogP contribution in [0.1, 0.15) is 53.4 Å². The summed E-state index contributed by atoms with van der Waals surface area (Å²) in [5.41, 5.74) is 4.58. The number of aryl methyl sites for hydroxylation is 4. The van der Waals surface area contributed by atoms with E-state index in [0.717, 1.165) is 11.1 Å². The van der Waals surface area contributed by atoms with Crippen LogP contribution in [0.5, 0.6) is 0 Å². The van der Waals surface area contributed by atoms with E-state index >= 15 is 0 Å². The molecule has 4 aromatic heterocycles. The number of hydrogen-bond donors (Lipinski definition) is 1. The van der Waals surface area contributed by atoms with Crippen LogP contribution in [-0.4, -0.2) is 64.8 Å². The molecule has 0 unspecified atom stereocenters. The third kappa shape index (κ3) is 5.61. The Bertz CT molecular complexity index is 1700. The maximum Gasteiger partial charge on any atom is 0.248 e. The zero-order chi connectivity index (χ0) is 29.6. The van der Waals surface area contributed by atoms with E-state index in [-0.39, 0.29) is 35.8 Å². The van der Waals surface area contributed by atoms with Gasteiger partial charge in [-0.25, -0.2) is 15.0 Å². The fraction of sp³-hybridized carbons (Fsp3) is 0.379. The van der Waals surface area contributed by atoms with Gasteiger partial charge in [-0.3, -0.25) is 24.0 Å². The highest BCUT2D eigenvalue weighted by molar-refractivity contribution is 9.10. The SMILES string of the molecule is CC(=O)c1nn(CC(=O)N2C[C@H](C)C[C@H]2C(=O)Nc2nc(Br)c(C)cc2C)c2c(C)nc(-c3cnc(C)nc3)cc12. The third-order valence-corrected chi connectivity index (χ3v) is 8.12. The highest BCUT2D eigenvalue weighted by atomic mass is 79.9. The van der Waals surface area contributed by atoms with Gasteiger partial charge in [-0.15, -0.1) is 0 Å². The van der Waals surface area contributed by atoms with Crippen LogP contribution in [0, 0.1) is 33.6 Å². The molecule has 1 aliphatic rings. The molecule has 2 amide bonds. The number of carbonyl (C=O) groups is 3. The number of fused-ring (bicyclic) bond motifs is 1. The van der Waals surface area contributed by atoms with Crippen LogP contribution in [0.3, 0.4) is 0 Å². The summed E-state index contributed by atoms with van der Waals surface area (Å²) in [7, 11) is 0. The van der Waals surface area contributed by atoms with Gasteiger partial charge in [0.1, 0.15) is 34.5 Å². The van der Waals surface area contributed by atoms with Crippen molar-refractivity contribution in [2.45, 2.75) is 60.5 Å². The molecule has 41 heavy (non-hydrogen) atoms. The highest BCUT2D eigenvalue weighted by Gasteiger charge is 2.38. The maximum atomic E-state index is 13.7. The second-order valence-electron chi connectivity index (χ2n) is 10.7. The predicted octanol–water partition coefficient (Wildman–Crippen LogP) is 4.36. The Morgan fingerprint density at radius 1 is 1.05 bits per heavy atom. The number of ketones is 1. The highest BCUT2D eigenvalue weighted by Crippen LogP contribution is 2.29. The summed E-state index contributed by atoms with van der Waals surface area (Å²) in [5.74, 6) is 0.463. The number of amides is 2. The van der Waals surface area contributed by atoms with E-state index in [4.69, 9.17) is 4.98 Å². The summed E-state index contributed by atoms with van der Waals surface area (Å²) in [6.07, 6.45) is 3.90. The van der Waals surface area contributed by atoms with Crippen molar-refractivity contribution in [2.75, 3.05) is 11.9 Å². The van der Waals surface area contributed by atoms with E-state index < -0.39 is 6.04 Å². The van der Waals surface area contributed by atoms with Gasteiger partial charge in [0.25, 0.3) is 0 Å². The molecule has 0 saturated carbocycles. The minimum Gasteiger partial charge on any atom is -0.329 e. The van der Waals surface area contributed by atoms with Crippen LogP contribution in [0.25, 0.3) is 22.2 Å². The lowest BCUT2D eigenvalue weighted by Crippen LogP contribution is -2.44. The van der Waals surface area contributed by atoms with E-state index in [1.807, 2.05) is 33.8 Å². The molecule has 0 aliphatic carbocycles. The largest absolute Gasteiger partial charge is 0.329 e. The molecule has 0 radical (unpaired) electrons. The van der Waals surface area contributed by atoms with Crippen molar-refractivity contribution in [3.05, 3.63) is 57.5 Å². The van der Waals surface area contributed by atoms with Crippen molar-refractivity contribution in [3.8, 4) is 11.3 Å². The molecule has 2 atom stereocenters. The average molecular weight is 620 g/mol. The van der Waals surface area contributed by atoms with Gasteiger partial charge in [0.05, 0.1) is 16.9 Å². The number of nitrogens with one attached hydrogen (secondary N) is 1. The van der Waals surface area contributed by atoms with Crippen molar-refractivity contribution in [1.82, 2.24) is 34.6 Å². The zero-order valence-electron chi connectivity index (χ0n) is 23.8. The van der Waals surface area contributed by atoms with Gasteiger partial charge >= 0.3 is 0 Å². The Morgan fingerprint density at radius 2 is 1.76 bits per heavy atom. The first kappa shape index (κ1) is 28.5. The molecule has 1 aliphatic heterocycles. The first-order valence-electron chi connectivity index (χ1n) is 13.3. The zero-order valence-corrected chi connectivity index (χ0v) is 25.4. The second kappa shape index (κ2) is 11.1. The maximum absolute atomic E-state index is 13.7. The van der Waals surface area contributed by atoms with E-state index in [0.29, 0.717) is 57.1 Å². The van der Waals surface area contributed by atoms with E-state index in [1.165, 1.54) is 11.6 Å². The Morgan fingerprint density at radius 3 is 2.44 bits per heavy atom. The molecule has 4 aromatic rings. The molecular weight excluding hydrogens is 588 g/mol. The molecular formula is C29H31BrN8O3. The number of pyridine rings is 2.